The first kappa shape index (κ1) is 29.7. The summed E-state index contributed by atoms with van der Waals surface area (Å²) in [7, 11) is 0. The number of rotatable bonds is 11. The molecule has 4 heterocycles. The number of likely N-dealkylation sites (tertiary alicyclic amines) is 1. The Morgan fingerprint density at radius 3 is 2.80 bits per heavy atom. The van der Waals surface area contributed by atoms with Crippen LogP contribution in [0.15, 0.2) is 60.4 Å². The smallest absolute Gasteiger partial charge is 0.268 e. The van der Waals surface area contributed by atoms with Crippen molar-refractivity contribution in [1.29, 1.82) is 5.26 Å². The third kappa shape index (κ3) is 6.75. The van der Waals surface area contributed by atoms with Crippen molar-refractivity contribution in [3.8, 4) is 11.1 Å². The molecule has 12 heteroatoms. The Labute approximate surface area is 259 Å². The fourth-order valence-corrected chi connectivity index (χ4v) is 6.37. The van der Waals surface area contributed by atoms with Gasteiger partial charge in [-0.25, -0.2) is 9.67 Å². The van der Waals surface area contributed by atoms with E-state index in [2.05, 4.69) is 21.8 Å². The monoisotopic (exact) mass is 612 g/mol. The van der Waals surface area contributed by atoms with Gasteiger partial charge in [0.1, 0.15) is 16.6 Å². The van der Waals surface area contributed by atoms with Crippen molar-refractivity contribution in [2.24, 2.45) is 5.92 Å². The Balaban J connectivity index is 1.28. The van der Waals surface area contributed by atoms with E-state index in [1.807, 2.05) is 47.2 Å². The van der Waals surface area contributed by atoms with Gasteiger partial charge in [-0.1, -0.05) is 12.1 Å². The summed E-state index contributed by atoms with van der Waals surface area (Å²) in [5.41, 5.74) is 1.94. The largest absolute Gasteiger partial charge is 0.389 e. The quantitative estimate of drug-likeness (QED) is 0.170. The Morgan fingerprint density at radius 2 is 2.07 bits per heavy atom. The number of aliphatic hydroxyl groups is 1. The van der Waals surface area contributed by atoms with Gasteiger partial charge in [0.2, 0.25) is 5.95 Å². The normalized spacial score (nSPS) is 17.3. The Hall–Kier alpha value is -4.31. The van der Waals surface area contributed by atoms with Gasteiger partial charge >= 0.3 is 0 Å². The number of carbonyl (C=O) groups excluding carboxylic acids is 2. The third-order valence-electron chi connectivity index (χ3n) is 7.88. The van der Waals surface area contributed by atoms with Crippen LogP contribution in [-0.4, -0.2) is 65.9 Å². The summed E-state index contributed by atoms with van der Waals surface area (Å²) in [6.45, 7) is 5.51. The highest BCUT2D eigenvalue weighted by Gasteiger charge is 2.33. The first-order valence-electron chi connectivity index (χ1n) is 14.9. The van der Waals surface area contributed by atoms with Crippen molar-refractivity contribution >= 4 is 40.1 Å². The number of imidazole rings is 1. The van der Waals surface area contributed by atoms with E-state index in [1.165, 1.54) is 11.3 Å². The predicted octanol–water partition coefficient (Wildman–Crippen LogP) is 4.25. The number of nitrogens with zero attached hydrogens (tertiary/aromatic N) is 6. The van der Waals surface area contributed by atoms with E-state index in [1.54, 1.807) is 35.7 Å². The van der Waals surface area contributed by atoms with E-state index < -0.39 is 5.60 Å². The molecular weight excluding hydrogens is 576 g/mol. The summed E-state index contributed by atoms with van der Waals surface area (Å²) in [5.74, 6) is 0.221. The molecule has 1 aliphatic carbocycles. The number of benzene rings is 1. The van der Waals surface area contributed by atoms with E-state index in [-0.39, 0.29) is 23.4 Å². The average molecular weight is 613 g/mol. The second kappa shape index (κ2) is 12.4. The van der Waals surface area contributed by atoms with E-state index >= 15 is 0 Å². The highest BCUT2D eigenvalue weighted by molar-refractivity contribution is 7.16. The summed E-state index contributed by atoms with van der Waals surface area (Å²) in [6.07, 6.45) is 9.01. The maximum atomic E-state index is 13.4. The van der Waals surface area contributed by atoms with E-state index in [4.69, 9.17) is 4.98 Å². The number of hydrogen-bond donors (Lipinski definition) is 3. The van der Waals surface area contributed by atoms with Crippen LogP contribution in [0.5, 0.6) is 0 Å². The zero-order valence-corrected chi connectivity index (χ0v) is 25.7. The molecule has 0 spiro atoms. The topological polar surface area (TPSA) is 141 Å². The summed E-state index contributed by atoms with van der Waals surface area (Å²) in [4.78, 5) is 34.0. The zero-order valence-electron chi connectivity index (χ0n) is 24.9. The Morgan fingerprint density at radius 1 is 1.23 bits per heavy atom. The van der Waals surface area contributed by atoms with Crippen molar-refractivity contribution < 1.29 is 14.7 Å². The molecule has 1 unspecified atom stereocenters. The lowest BCUT2D eigenvalue weighted by Gasteiger charge is -2.26. The van der Waals surface area contributed by atoms with Gasteiger partial charge in [0, 0.05) is 38.6 Å². The number of allylic oxidation sites excluding steroid dienone is 1. The van der Waals surface area contributed by atoms with Crippen LogP contribution in [0.25, 0.3) is 16.0 Å². The van der Waals surface area contributed by atoms with Crippen LogP contribution < -0.4 is 10.6 Å². The van der Waals surface area contributed by atoms with Crippen LogP contribution >= 0.6 is 11.3 Å². The van der Waals surface area contributed by atoms with Gasteiger partial charge in [-0.05, 0) is 81.3 Å². The van der Waals surface area contributed by atoms with Crippen molar-refractivity contribution in [1.82, 2.24) is 29.5 Å². The molecule has 3 N–H and O–H groups in total. The van der Waals surface area contributed by atoms with Crippen LogP contribution in [0.2, 0.25) is 0 Å². The number of nitrogens with one attached hydrogen (secondary N) is 2. The van der Waals surface area contributed by atoms with Gasteiger partial charge < -0.3 is 19.9 Å². The Kier molecular flexibility index (Phi) is 8.35. The standard InChI is InChI=1S/C32H36N8O3S/c1-32(2,43)20-34-18-22-8-9-26-25(16-22)36-31(37-29(41)27-10-11-28(44-27)40-14-4-12-35-40)39(26)19-24-5-3-13-38(24)30(42)23(17-33)15-21-6-7-21/h4,8-12,14-16,21,24,34,43H,3,5-7,13,18-20H2,1-2H3,(H,36,37,41). The lowest BCUT2D eigenvalue weighted by molar-refractivity contribution is -0.127. The van der Waals surface area contributed by atoms with Gasteiger partial charge in [0.05, 0.1) is 27.6 Å². The minimum Gasteiger partial charge on any atom is -0.389 e. The van der Waals surface area contributed by atoms with E-state index in [0.717, 1.165) is 41.8 Å². The number of anilines is 1. The average Bonchev–Trinajstić information content (AvgIpc) is 3.44. The molecule has 2 fully saturated rings. The molecule has 228 valence electrons. The molecule has 1 saturated carbocycles. The molecule has 1 aliphatic heterocycles. The SMILES string of the molecule is CC(C)(O)CNCc1ccc2c(c1)nc(NC(=O)c1ccc(-n3cccn3)s1)n2CC1CCCN1C(=O)C(C#N)=CC1CC1. The van der Waals surface area contributed by atoms with Crippen molar-refractivity contribution in [2.45, 2.75) is 64.3 Å². The summed E-state index contributed by atoms with van der Waals surface area (Å²) >= 11 is 1.33. The minimum absolute atomic E-state index is 0.146. The fraction of sp³-hybridized carbons (Fsp3) is 0.406. The molecule has 11 nitrogen and oxygen atoms in total. The molecule has 2 aliphatic rings. The van der Waals surface area contributed by atoms with Crippen LogP contribution in [0.1, 0.15) is 54.8 Å². The van der Waals surface area contributed by atoms with Crippen molar-refractivity contribution in [2.75, 3.05) is 18.4 Å². The molecular formula is C32H36N8O3S. The lowest BCUT2D eigenvalue weighted by Crippen LogP contribution is -2.39. The van der Waals surface area contributed by atoms with E-state index in [0.29, 0.717) is 48.4 Å². The maximum Gasteiger partial charge on any atom is 0.268 e. The molecule has 0 bridgehead atoms. The summed E-state index contributed by atoms with van der Waals surface area (Å²) in [6, 6.07) is 13.4. The summed E-state index contributed by atoms with van der Waals surface area (Å²) in [5, 5.41) is 31.1. The molecule has 3 aromatic heterocycles. The number of hydrogen-bond acceptors (Lipinski definition) is 8. The number of fused-ring (bicyclic) bond motifs is 1. The fourth-order valence-electron chi connectivity index (χ4n) is 5.53. The third-order valence-corrected chi connectivity index (χ3v) is 8.95. The number of thiophene rings is 1. The maximum absolute atomic E-state index is 13.4. The number of amides is 2. The number of nitriles is 1. The second-order valence-electron chi connectivity index (χ2n) is 12.2. The first-order chi connectivity index (χ1) is 21.2. The molecule has 1 aromatic carbocycles. The molecule has 6 rings (SSSR count). The van der Waals surface area contributed by atoms with Crippen LogP contribution in [0, 0.1) is 17.2 Å². The second-order valence-corrected chi connectivity index (χ2v) is 13.2. The van der Waals surface area contributed by atoms with E-state index in [9.17, 15) is 20.0 Å². The Bertz CT molecular complexity index is 1740. The molecule has 1 saturated heterocycles. The van der Waals surface area contributed by atoms with Crippen LogP contribution in [0.4, 0.5) is 5.95 Å². The highest BCUT2D eigenvalue weighted by Crippen LogP contribution is 2.33. The molecule has 2 amide bonds. The molecule has 44 heavy (non-hydrogen) atoms. The van der Waals surface area contributed by atoms with Crippen LogP contribution in [-0.2, 0) is 17.9 Å². The van der Waals surface area contributed by atoms with Crippen LogP contribution in [0.3, 0.4) is 0 Å². The van der Waals surface area contributed by atoms with Gasteiger partial charge in [-0.2, -0.15) is 10.4 Å². The van der Waals surface area contributed by atoms with Gasteiger partial charge in [-0.3, -0.25) is 14.9 Å². The van der Waals surface area contributed by atoms with Crippen molar-refractivity contribution in [3.05, 3.63) is 70.9 Å². The van der Waals surface area contributed by atoms with Gasteiger partial charge in [0.25, 0.3) is 11.8 Å². The predicted molar refractivity (Wildman–Crippen MR) is 168 cm³/mol. The number of aromatic nitrogens is 4. The van der Waals surface area contributed by atoms with Gasteiger partial charge in [-0.15, -0.1) is 11.3 Å². The summed E-state index contributed by atoms with van der Waals surface area (Å²) < 4.78 is 3.68. The molecule has 0 radical (unpaired) electrons. The first-order valence-corrected chi connectivity index (χ1v) is 15.8. The zero-order chi connectivity index (χ0) is 30.8. The minimum atomic E-state index is -0.827. The number of carbonyl (C=O) groups is 2. The lowest BCUT2D eigenvalue weighted by atomic mass is 10.1. The molecule has 1 atom stereocenters. The van der Waals surface area contributed by atoms with Crippen molar-refractivity contribution in [3.63, 3.8) is 0 Å². The highest BCUT2D eigenvalue weighted by atomic mass is 32.1. The van der Waals surface area contributed by atoms with Gasteiger partial charge in [0.15, 0.2) is 0 Å². The molecule has 4 aromatic rings.